The molecular formula is C16H15F2N3O3S. The Morgan fingerprint density at radius 1 is 1.12 bits per heavy atom. The Labute approximate surface area is 143 Å². The molecule has 0 atom stereocenters. The molecule has 2 rings (SSSR count). The summed E-state index contributed by atoms with van der Waals surface area (Å²) >= 11 is 0. The van der Waals surface area contributed by atoms with Gasteiger partial charge in [-0.1, -0.05) is 18.2 Å². The van der Waals surface area contributed by atoms with E-state index in [1.54, 1.807) is 18.2 Å². The smallest absolute Gasteiger partial charge is 0.255 e. The van der Waals surface area contributed by atoms with Crippen LogP contribution in [0, 0.1) is 11.6 Å². The lowest BCUT2D eigenvalue weighted by Gasteiger charge is -2.07. The fourth-order valence-corrected chi connectivity index (χ4v) is 2.87. The summed E-state index contributed by atoms with van der Waals surface area (Å²) in [6, 6.07) is 10.4. The first kappa shape index (κ1) is 18.7. The number of sulfonamides is 1. The lowest BCUT2D eigenvalue weighted by atomic mass is 10.1. The number of hydrogen-bond donors (Lipinski definition) is 2. The molecule has 9 heteroatoms. The second kappa shape index (κ2) is 7.95. The third-order valence-corrected chi connectivity index (χ3v) is 4.56. The molecule has 2 aromatic rings. The van der Waals surface area contributed by atoms with Crippen molar-refractivity contribution in [2.45, 2.75) is 11.8 Å². The molecule has 0 aliphatic heterocycles. The maximum absolute atomic E-state index is 13.6. The van der Waals surface area contributed by atoms with E-state index >= 15 is 0 Å². The molecule has 0 aromatic heterocycles. The number of benzene rings is 2. The Morgan fingerprint density at radius 2 is 1.80 bits per heavy atom. The Morgan fingerprint density at radius 3 is 2.48 bits per heavy atom. The summed E-state index contributed by atoms with van der Waals surface area (Å²) in [6.07, 6.45) is 0. The number of halogens is 2. The van der Waals surface area contributed by atoms with Crippen molar-refractivity contribution in [3.8, 4) is 0 Å². The fraction of sp³-hybridized carbons (Fsp3) is 0.125. The highest BCUT2D eigenvalue weighted by molar-refractivity contribution is 7.89. The zero-order chi connectivity index (χ0) is 18.4. The highest BCUT2D eigenvalue weighted by atomic mass is 32.2. The average Bonchev–Trinajstić information content (AvgIpc) is 2.60. The zero-order valence-corrected chi connectivity index (χ0v) is 14.0. The molecule has 25 heavy (non-hydrogen) atoms. The van der Waals surface area contributed by atoms with Crippen LogP contribution >= 0.6 is 0 Å². The summed E-state index contributed by atoms with van der Waals surface area (Å²) in [4.78, 5) is 11.7. The van der Waals surface area contributed by atoms with Gasteiger partial charge >= 0.3 is 0 Å². The maximum Gasteiger partial charge on any atom is 0.255 e. The number of carbonyl (C=O) groups excluding carboxylic acids is 1. The topological polar surface area (TPSA) is 87.6 Å². The molecule has 2 aromatic carbocycles. The van der Waals surface area contributed by atoms with Crippen LogP contribution in [-0.4, -0.2) is 26.6 Å². The van der Waals surface area contributed by atoms with Crippen molar-refractivity contribution in [3.05, 3.63) is 65.7 Å². The van der Waals surface area contributed by atoms with Crippen LogP contribution in [0.4, 0.5) is 8.78 Å². The van der Waals surface area contributed by atoms with Gasteiger partial charge in [-0.15, -0.1) is 0 Å². The summed E-state index contributed by atoms with van der Waals surface area (Å²) in [6.45, 7) is 0.825. The average molecular weight is 367 g/mol. The molecule has 6 nitrogen and oxygen atoms in total. The van der Waals surface area contributed by atoms with Crippen LogP contribution < -0.4 is 10.1 Å². The van der Waals surface area contributed by atoms with Gasteiger partial charge in [0.2, 0.25) is 10.0 Å². The van der Waals surface area contributed by atoms with Gasteiger partial charge in [-0.2, -0.15) is 5.10 Å². The molecule has 132 valence electrons. The molecular weight excluding hydrogens is 352 g/mol. The first-order valence-electron chi connectivity index (χ1n) is 7.13. The molecule has 0 bridgehead atoms. The highest BCUT2D eigenvalue weighted by Gasteiger charge is 2.15. The molecule has 0 saturated heterocycles. The van der Waals surface area contributed by atoms with E-state index in [4.69, 9.17) is 0 Å². The minimum Gasteiger partial charge on any atom is -0.272 e. The third kappa shape index (κ3) is 5.16. The SMILES string of the molecule is C/C(=N/NC(=O)CNS(=O)(=O)c1ccccc1)c1cc(F)ccc1F. The van der Waals surface area contributed by atoms with Crippen molar-refractivity contribution < 1.29 is 22.0 Å². The van der Waals surface area contributed by atoms with Gasteiger partial charge in [-0.3, -0.25) is 4.79 Å². The summed E-state index contributed by atoms with van der Waals surface area (Å²) in [7, 11) is -3.83. The van der Waals surface area contributed by atoms with Gasteiger partial charge in [0, 0.05) is 5.56 Å². The predicted octanol–water partition coefficient (Wildman–Crippen LogP) is 1.78. The minimum atomic E-state index is -3.83. The number of rotatable bonds is 6. The van der Waals surface area contributed by atoms with Crippen molar-refractivity contribution in [2.75, 3.05) is 6.54 Å². The van der Waals surface area contributed by atoms with Crippen LogP contribution in [0.2, 0.25) is 0 Å². The molecule has 2 N–H and O–H groups in total. The lowest BCUT2D eigenvalue weighted by Crippen LogP contribution is -2.35. The molecule has 0 aliphatic rings. The minimum absolute atomic E-state index is 0.0179. The Balaban J connectivity index is 1.97. The number of hydrazone groups is 1. The van der Waals surface area contributed by atoms with E-state index in [-0.39, 0.29) is 16.2 Å². The van der Waals surface area contributed by atoms with E-state index in [1.807, 2.05) is 0 Å². The Kier molecular flexibility index (Phi) is 5.94. The van der Waals surface area contributed by atoms with Gasteiger partial charge in [-0.05, 0) is 37.3 Å². The lowest BCUT2D eigenvalue weighted by molar-refractivity contribution is -0.119. The molecule has 0 unspecified atom stereocenters. The van der Waals surface area contributed by atoms with Crippen LogP contribution in [0.25, 0.3) is 0 Å². The summed E-state index contributed by atoms with van der Waals surface area (Å²) in [5.74, 6) is -2.09. The first-order valence-corrected chi connectivity index (χ1v) is 8.61. The number of nitrogens with zero attached hydrogens (tertiary/aromatic N) is 1. The van der Waals surface area contributed by atoms with E-state index in [1.165, 1.54) is 19.1 Å². The molecule has 0 fully saturated rings. The first-order chi connectivity index (χ1) is 11.8. The van der Waals surface area contributed by atoms with Gasteiger partial charge in [0.25, 0.3) is 5.91 Å². The molecule has 0 saturated carbocycles. The summed E-state index contributed by atoms with van der Waals surface area (Å²) < 4.78 is 52.8. The van der Waals surface area contributed by atoms with Crippen molar-refractivity contribution in [1.82, 2.24) is 10.1 Å². The Bertz CT molecular complexity index is 900. The van der Waals surface area contributed by atoms with E-state index in [9.17, 15) is 22.0 Å². The molecule has 0 spiro atoms. The quantitative estimate of drug-likeness (QED) is 0.603. The van der Waals surface area contributed by atoms with Crippen molar-refractivity contribution in [2.24, 2.45) is 5.10 Å². The molecule has 1 amide bonds. The van der Waals surface area contributed by atoms with Gasteiger partial charge in [0.1, 0.15) is 11.6 Å². The van der Waals surface area contributed by atoms with Crippen LogP contribution in [0.15, 0.2) is 58.5 Å². The van der Waals surface area contributed by atoms with Crippen molar-refractivity contribution in [1.29, 1.82) is 0 Å². The van der Waals surface area contributed by atoms with Crippen molar-refractivity contribution >= 4 is 21.6 Å². The van der Waals surface area contributed by atoms with Gasteiger partial charge in [0.05, 0.1) is 17.2 Å². The summed E-state index contributed by atoms with van der Waals surface area (Å²) in [5, 5.41) is 3.65. The van der Waals surface area contributed by atoms with Crippen LogP contribution in [-0.2, 0) is 14.8 Å². The molecule has 0 radical (unpaired) electrons. The number of amides is 1. The third-order valence-electron chi connectivity index (χ3n) is 3.14. The monoisotopic (exact) mass is 367 g/mol. The fourth-order valence-electron chi connectivity index (χ4n) is 1.86. The van der Waals surface area contributed by atoms with E-state index in [0.29, 0.717) is 0 Å². The Hall–Kier alpha value is -2.65. The maximum atomic E-state index is 13.6. The number of nitrogens with one attached hydrogen (secondary N) is 2. The summed E-state index contributed by atoms with van der Waals surface area (Å²) in [5.41, 5.74) is 2.02. The highest BCUT2D eigenvalue weighted by Crippen LogP contribution is 2.10. The van der Waals surface area contributed by atoms with E-state index in [2.05, 4.69) is 15.2 Å². The van der Waals surface area contributed by atoms with Crippen LogP contribution in [0.1, 0.15) is 12.5 Å². The van der Waals surface area contributed by atoms with Crippen LogP contribution in [0.3, 0.4) is 0 Å². The molecule has 0 heterocycles. The predicted molar refractivity (Wildman–Crippen MR) is 88.3 cm³/mol. The second-order valence-electron chi connectivity index (χ2n) is 4.99. The second-order valence-corrected chi connectivity index (χ2v) is 6.76. The van der Waals surface area contributed by atoms with Crippen molar-refractivity contribution in [3.63, 3.8) is 0 Å². The van der Waals surface area contributed by atoms with Crippen LogP contribution in [0.5, 0.6) is 0 Å². The largest absolute Gasteiger partial charge is 0.272 e. The number of hydrogen-bond acceptors (Lipinski definition) is 4. The van der Waals surface area contributed by atoms with Gasteiger partial charge < -0.3 is 0 Å². The van der Waals surface area contributed by atoms with Gasteiger partial charge in [-0.25, -0.2) is 27.3 Å². The van der Waals surface area contributed by atoms with Gasteiger partial charge in [0.15, 0.2) is 0 Å². The van der Waals surface area contributed by atoms with E-state index in [0.717, 1.165) is 18.2 Å². The number of carbonyl (C=O) groups is 1. The van der Waals surface area contributed by atoms with E-state index < -0.39 is 34.1 Å². The molecule has 0 aliphatic carbocycles. The zero-order valence-electron chi connectivity index (χ0n) is 13.2. The normalized spacial score (nSPS) is 12.0. The standard InChI is InChI=1S/C16H15F2N3O3S/c1-11(14-9-12(17)7-8-15(14)18)20-21-16(22)10-19-25(23,24)13-5-3-2-4-6-13/h2-9,19H,10H2,1H3,(H,21,22)/b20-11-.